The van der Waals surface area contributed by atoms with Crippen LogP contribution in [0.15, 0.2) is 224 Å². The molecule has 0 bridgehead atoms. The molecule has 7 aromatic rings. The maximum Gasteiger partial charge on any atom is 0.0468 e. The Morgan fingerprint density at radius 3 is 1.55 bits per heavy atom. The van der Waals surface area contributed by atoms with Crippen molar-refractivity contribution in [3.63, 3.8) is 0 Å². The summed E-state index contributed by atoms with van der Waals surface area (Å²) >= 11 is 0. The van der Waals surface area contributed by atoms with Crippen molar-refractivity contribution in [3.8, 4) is 55.6 Å². The second-order valence-electron chi connectivity index (χ2n) is 13.9. The van der Waals surface area contributed by atoms with Crippen molar-refractivity contribution in [3.05, 3.63) is 235 Å². The van der Waals surface area contributed by atoms with Crippen LogP contribution in [-0.4, -0.2) is 0 Å². The van der Waals surface area contributed by atoms with Crippen LogP contribution >= 0.6 is 0 Å². The maximum absolute atomic E-state index is 2.42. The van der Waals surface area contributed by atoms with Gasteiger partial charge in [0.2, 0.25) is 0 Å². The summed E-state index contributed by atoms with van der Waals surface area (Å²) in [6.07, 6.45) is 21.4. The van der Waals surface area contributed by atoms with Gasteiger partial charge in [-0.15, -0.1) is 0 Å². The molecule has 0 unspecified atom stereocenters. The van der Waals surface area contributed by atoms with Crippen LogP contribution in [0.2, 0.25) is 0 Å². The van der Waals surface area contributed by atoms with E-state index in [4.69, 9.17) is 0 Å². The molecule has 1 heteroatoms. The van der Waals surface area contributed by atoms with Crippen molar-refractivity contribution in [2.75, 3.05) is 4.90 Å². The highest BCUT2D eigenvalue weighted by molar-refractivity contribution is 6.03. The largest absolute Gasteiger partial charge is 0.311 e. The summed E-state index contributed by atoms with van der Waals surface area (Å²) in [6.45, 7) is 0. The number of benzene rings is 7. The first kappa shape index (κ1) is 33.8. The van der Waals surface area contributed by atoms with Gasteiger partial charge in [0.15, 0.2) is 0 Å². The molecule has 1 nitrogen and oxygen atoms in total. The Bertz CT molecular complexity index is 2640. The molecule has 0 spiro atoms. The molecule has 0 radical (unpaired) electrons. The highest BCUT2D eigenvalue weighted by Crippen LogP contribution is 2.49. The molecule has 0 fully saturated rings. The third-order valence-corrected chi connectivity index (χ3v) is 10.6. The molecule has 0 heterocycles. The Morgan fingerprint density at radius 1 is 0.345 bits per heavy atom. The summed E-state index contributed by atoms with van der Waals surface area (Å²) in [5.74, 6) is 0. The zero-order valence-corrected chi connectivity index (χ0v) is 30.7. The number of fused-ring (bicyclic) bond motifs is 11. The Hall–Kier alpha value is -6.96. The van der Waals surface area contributed by atoms with E-state index < -0.39 is 0 Å². The van der Waals surface area contributed by atoms with E-state index in [9.17, 15) is 0 Å². The molecular formula is C54H41N. The van der Waals surface area contributed by atoms with Crippen LogP contribution in [0.3, 0.4) is 0 Å². The topological polar surface area (TPSA) is 3.24 Å². The van der Waals surface area contributed by atoms with Crippen molar-refractivity contribution >= 4 is 17.5 Å². The first-order valence-corrected chi connectivity index (χ1v) is 19.2. The zero-order valence-electron chi connectivity index (χ0n) is 30.7. The quantitative estimate of drug-likeness (QED) is 0.177. The summed E-state index contributed by atoms with van der Waals surface area (Å²) in [6, 6.07) is 61.9. The maximum atomic E-state index is 2.42. The molecule has 0 saturated carbocycles. The van der Waals surface area contributed by atoms with E-state index in [1.54, 1.807) is 0 Å². The van der Waals surface area contributed by atoms with E-state index in [-0.39, 0.29) is 0 Å². The summed E-state index contributed by atoms with van der Waals surface area (Å²) in [5.41, 5.74) is 18.3. The molecule has 0 saturated heterocycles. The second kappa shape index (κ2) is 15.6. The van der Waals surface area contributed by atoms with Crippen LogP contribution in [-0.2, 0) is 6.42 Å². The monoisotopic (exact) mass is 703 g/mol. The van der Waals surface area contributed by atoms with Gasteiger partial charge in [-0.25, -0.2) is 0 Å². The highest BCUT2D eigenvalue weighted by Gasteiger charge is 2.23. The SMILES string of the molecule is C1=C\C=C\c2ccccc2-c2ccccc2C/C=C(N(c2ccccc2)c2ccc3c(c2)-c2ccccc2-c2ccccc2-c2ccccc2-3)\C=C/C/C=C/1. The summed E-state index contributed by atoms with van der Waals surface area (Å²) in [7, 11) is 0. The summed E-state index contributed by atoms with van der Waals surface area (Å²) in [5, 5.41) is 0. The fourth-order valence-electron chi connectivity index (χ4n) is 8.02. The standard InChI is InChI=1S/C54H41N/c1-2-4-7-21-40-22-11-13-27-45(40)46-28-14-12-23-41(46)35-36-43(26-8-5-3-1)55(42-24-9-6-10-25-42)44-37-38-53-51-33-18-17-31-49(51)47-29-15-16-30-48(47)50-32-19-20-34-52(50)54(53)39-44/h1-4,6-34,36-39H,5,35H2/b3-1+,4-2-,21-7+,26-8-,43-36+,49-47?,50-48?,53-51?,54-52?. The van der Waals surface area contributed by atoms with Gasteiger partial charge in [-0.2, -0.15) is 0 Å². The molecule has 0 atom stereocenters. The van der Waals surface area contributed by atoms with Gasteiger partial charge >= 0.3 is 0 Å². The Kier molecular flexibility index (Phi) is 9.58. The molecule has 0 N–H and O–H groups in total. The van der Waals surface area contributed by atoms with E-state index in [0.29, 0.717) is 0 Å². The van der Waals surface area contributed by atoms with Crippen LogP contribution in [0.1, 0.15) is 17.5 Å². The zero-order chi connectivity index (χ0) is 36.8. The molecule has 262 valence electrons. The van der Waals surface area contributed by atoms with Crippen LogP contribution in [0.4, 0.5) is 11.4 Å². The molecule has 0 aliphatic heterocycles. The summed E-state index contributed by atoms with van der Waals surface area (Å²) < 4.78 is 0. The van der Waals surface area contributed by atoms with Crippen LogP contribution in [0.25, 0.3) is 61.7 Å². The lowest BCUT2D eigenvalue weighted by Crippen LogP contribution is -2.16. The van der Waals surface area contributed by atoms with Crippen molar-refractivity contribution in [2.45, 2.75) is 12.8 Å². The lowest BCUT2D eigenvalue weighted by atomic mass is 9.81. The molecule has 55 heavy (non-hydrogen) atoms. The molecule has 0 aromatic heterocycles. The molecule has 0 amide bonds. The smallest absolute Gasteiger partial charge is 0.0468 e. The number of rotatable bonds is 3. The third-order valence-electron chi connectivity index (χ3n) is 10.6. The van der Waals surface area contributed by atoms with Crippen LogP contribution < -0.4 is 4.90 Å². The lowest BCUT2D eigenvalue weighted by molar-refractivity contribution is 1.15. The third kappa shape index (κ3) is 6.85. The van der Waals surface area contributed by atoms with Gasteiger partial charge in [0.25, 0.3) is 0 Å². The summed E-state index contributed by atoms with van der Waals surface area (Å²) in [4.78, 5) is 2.42. The first-order valence-electron chi connectivity index (χ1n) is 19.2. The van der Waals surface area contributed by atoms with Gasteiger partial charge in [0, 0.05) is 17.1 Å². The number of para-hydroxylation sites is 1. The fourth-order valence-corrected chi connectivity index (χ4v) is 8.02. The Balaban J connectivity index is 1.24. The normalized spacial score (nSPS) is 16.4. The Labute approximate surface area is 324 Å². The highest BCUT2D eigenvalue weighted by atomic mass is 15.1. The minimum Gasteiger partial charge on any atom is -0.311 e. The van der Waals surface area contributed by atoms with Gasteiger partial charge in [0.1, 0.15) is 0 Å². The van der Waals surface area contributed by atoms with E-state index in [0.717, 1.165) is 29.9 Å². The van der Waals surface area contributed by atoms with Crippen LogP contribution in [0, 0.1) is 0 Å². The van der Waals surface area contributed by atoms with Gasteiger partial charge in [-0.3, -0.25) is 0 Å². The van der Waals surface area contributed by atoms with Crippen molar-refractivity contribution in [2.24, 2.45) is 0 Å². The van der Waals surface area contributed by atoms with Gasteiger partial charge < -0.3 is 4.90 Å². The van der Waals surface area contributed by atoms with Crippen LogP contribution in [0.5, 0.6) is 0 Å². The first-order chi connectivity index (χ1) is 27.3. The average molecular weight is 704 g/mol. The molecule has 9 rings (SSSR count). The Morgan fingerprint density at radius 2 is 0.873 bits per heavy atom. The number of hydrogen-bond donors (Lipinski definition) is 0. The predicted octanol–water partition coefficient (Wildman–Crippen LogP) is 14.7. The van der Waals surface area contributed by atoms with E-state index in [1.807, 2.05) is 0 Å². The van der Waals surface area contributed by atoms with E-state index in [2.05, 4.69) is 229 Å². The van der Waals surface area contributed by atoms with E-state index in [1.165, 1.54) is 66.8 Å². The molecule has 7 aromatic carbocycles. The van der Waals surface area contributed by atoms with Crippen molar-refractivity contribution < 1.29 is 0 Å². The van der Waals surface area contributed by atoms with Gasteiger partial charge in [-0.1, -0.05) is 194 Å². The fraction of sp³-hybridized carbons (Fsp3) is 0.0370. The number of hydrogen-bond acceptors (Lipinski definition) is 1. The predicted molar refractivity (Wildman–Crippen MR) is 235 cm³/mol. The minimum absolute atomic E-state index is 0.769. The lowest BCUT2D eigenvalue weighted by Gasteiger charge is -2.29. The molecule has 2 aliphatic rings. The molecule has 2 aliphatic carbocycles. The van der Waals surface area contributed by atoms with Gasteiger partial charge in [0.05, 0.1) is 0 Å². The van der Waals surface area contributed by atoms with E-state index >= 15 is 0 Å². The number of anilines is 2. The molecular weight excluding hydrogens is 663 g/mol. The number of nitrogens with zero attached hydrogens (tertiary/aromatic N) is 1. The van der Waals surface area contributed by atoms with Gasteiger partial charge in [-0.05, 0) is 110 Å². The average Bonchev–Trinajstić information content (AvgIpc) is 3.24. The van der Waals surface area contributed by atoms with Crippen molar-refractivity contribution in [1.29, 1.82) is 0 Å². The second-order valence-corrected chi connectivity index (χ2v) is 13.9. The van der Waals surface area contributed by atoms with Crippen molar-refractivity contribution in [1.82, 2.24) is 0 Å². The number of allylic oxidation sites excluding steroid dienone is 8. The minimum atomic E-state index is 0.769.